The van der Waals surface area contributed by atoms with E-state index in [-0.39, 0.29) is 0 Å². The molecule has 0 bridgehead atoms. The highest BCUT2D eigenvalue weighted by Gasteiger charge is 2.20. The Bertz CT molecular complexity index is 402. The minimum Gasteiger partial charge on any atom is -0.396 e. The van der Waals surface area contributed by atoms with E-state index in [1.54, 1.807) is 6.20 Å². The number of hydrogen-bond acceptors (Lipinski definition) is 4. The first-order chi connectivity index (χ1) is 8.65. The molecule has 6 nitrogen and oxygen atoms in total. The van der Waals surface area contributed by atoms with Crippen molar-refractivity contribution in [1.82, 2.24) is 14.7 Å². The molecule has 1 fully saturated rings. The zero-order valence-corrected chi connectivity index (χ0v) is 11.2. The average Bonchev–Trinajstić information content (AvgIpc) is 2.76. The Morgan fingerprint density at radius 2 is 2.22 bits per heavy atom. The van der Waals surface area contributed by atoms with E-state index in [1.807, 2.05) is 10.9 Å². The molecule has 0 aromatic carbocycles. The summed E-state index contributed by atoms with van der Waals surface area (Å²) >= 11 is -1.66. The Hall–Kier alpha value is -0.920. The van der Waals surface area contributed by atoms with Crippen molar-refractivity contribution < 1.29 is 8.76 Å². The van der Waals surface area contributed by atoms with E-state index >= 15 is 0 Å². The van der Waals surface area contributed by atoms with E-state index in [4.69, 9.17) is 10.3 Å². The van der Waals surface area contributed by atoms with Crippen LogP contribution in [0.5, 0.6) is 0 Å². The van der Waals surface area contributed by atoms with Gasteiger partial charge in [0.25, 0.3) is 0 Å². The first-order valence-corrected chi connectivity index (χ1v) is 7.52. The molecule has 1 unspecified atom stereocenters. The molecule has 1 saturated heterocycles. The molecule has 3 N–H and O–H groups in total. The van der Waals surface area contributed by atoms with Crippen LogP contribution in [-0.4, -0.2) is 48.8 Å². The van der Waals surface area contributed by atoms with Gasteiger partial charge in [0.2, 0.25) is 0 Å². The third-order valence-corrected chi connectivity index (χ3v) is 3.98. The Kier molecular flexibility index (Phi) is 4.73. The summed E-state index contributed by atoms with van der Waals surface area (Å²) in [7, 11) is 0. The second kappa shape index (κ2) is 6.31. The lowest BCUT2D eigenvalue weighted by Crippen LogP contribution is -2.35. The van der Waals surface area contributed by atoms with Crippen molar-refractivity contribution in [2.24, 2.45) is 0 Å². The summed E-state index contributed by atoms with van der Waals surface area (Å²) in [6, 6.07) is 0.436. The molecule has 7 heteroatoms. The molecule has 0 amide bonds. The number of nitrogens with zero attached hydrogens (tertiary/aromatic N) is 3. The molecule has 1 aliphatic rings. The fourth-order valence-electron chi connectivity index (χ4n) is 2.37. The topological polar surface area (TPSA) is 84.4 Å². The van der Waals surface area contributed by atoms with Gasteiger partial charge in [-0.3, -0.25) is 4.68 Å². The second-order valence-electron chi connectivity index (χ2n) is 4.71. The fourth-order valence-corrected chi connectivity index (χ4v) is 2.75. The van der Waals surface area contributed by atoms with E-state index in [0.29, 0.717) is 17.5 Å². The number of aromatic nitrogens is 2. The van der Waals surface area contributed by atoms with Crippen LogP contribution in [0.25, 0.3) is 0 Å². The summed E-state index contributed by atoms with van der Waals surface area (Å²) in [6.45, 7) is 2.94. The van der Waals surface area contributed by atoms with Crippen molar-refractivity contribution in [1.29, 1.82) is 0 Å². The highest BCUT2D eigenvalue weighted by molar-refractivity contribution is 7.79. The van der Waals surface area contributed by atoms with Crippen molar-refractivity contribution in [2.45, 2.75) is 25.3 Å². The second-order valence-corrected chi connectivity index (χ2v) is 5.76. The van der Waals surface area contributed by atoms with Crippen LogP contribution in [0, 0.1) is 0 Å². The summed E-state index contributed by atoms with van der Waals surface area (Å²) in [4.78, 5) is 2.34. The van der Waals surface area contributed by atoms with Crippen LogP contribution in [-0.2, 0) is 11.1 Å². The predicted molar refractivity (Wildman–Crippen MR) is 71.6 cm³/mol. The van der Waals surface area contributed by atoms with Crippen molar-refractivity contribution in [3.8, 4) is 0 Å². The minimum atomic E-state index is -1.66. The van der Waals surface area contributed by atoms with Crippen LogP contribution >= 0.6 is 0 Å². The third kappa shape index (κ3) is 3.79. The van der Waals surface area contributed by atoms with Crippen molar-refractivity contribution in [3.63, 3.8) is 0 Å². The van der Waals surface area contributed by atoms with Crippen LogP contribution in [0.1, 0.15) is 25.3 Å². The van der Waals surface area contributed by atoms with Gasteiger partial charge in [0.1, 0.15) is 0 Å². The molecule has 1 aromatic heterocycles. The fraction of sp³-hybridized carbons (Fsp3) is 0.727. The Morgan fingerprint density at radius 1 is 1.50 bits per heavy atom. The van der Waals surface area contributed by atoms with Gasteiger partial charge in [-0.05, 0) is 25.8 Å². The summed E-state index contributed by atoms with van der Waals surface area (Å²) in [5.41, 5.74) is 6.37. The number of nitrogen functional groups attached to an aromatic ring is 1. The van der Waals surface area contributed by atoms with Crippen molar-refractivity contribution in [2.75, 3.05) is 31.1 Å². The lowest BCUT2D eigenvalue weighted by atomic mass is 10.1. The molecule has 2 rings (SSSR count). The molecule has 0 saturated carbocycles. The Labute approximate surface area is 109 Å². The normalized spacial score (nSPS) is 20.1. The molecular formula is C11H20N4O2S. The van der Waals surface area contributed by atoms with Gasteiger partial charge in [-0.25, -0.2) is 4.21 Å². The van der Waals surface area contributed by atoms with E-state index in [1.165, 1.54) is 0 Å². The number of nitrogens with two attached hydrogens (primary N) is 1. The zero-order valence-electron chi connectivity index (χ0n) is 10.4. The van der Waals surface area contributed by atoms with Crippen molar-refractivity contribution >= 4 is 16.8 Å². The molecule has 0 radical (unpaired) electrons. The number of hydrogen-bond donors (Lipinski definition) is 2. The van der Waals surface area contributed by atoms with E-state index in [0.717, 1.165) is 38.9 Å². The van der Waals surface area contributed by atoms with Gasteiger partial charge in [0, 0.05) is 19.3 Å². The SMILES string of the molecule is Nc1cnn(C2CCN(CCCS(=O)O)CC2)c1. The molecule has 1 aliphatic heterocycles. The lowest BCUT2D eigenvalue weighted by Gasteiger charge is -2.31. The molecule has 18 heavy (non-hydrogen) atoms. The maximum absolute atomic E-state index is 10.5. The van der Waals surface area contributed by atoms with Crippen LogP contribution in [0.3, 0.4) is 0 Å². The predicted octanol–water partition coefficient (Wildman–Crippen LogP) is 0.714. The summed E-state index contributed by atoms with van der Waals surface area (Å²) in [5, 5.41) is 4.25. The van der Waals surface area contributed by atoms with Crippen LogP contribution in [0.15, 0.2) is 12.4 Å². The quantitative estimate of drug-likeness (QED) is 0.771. The maximum atomic E-state index is 10.5. The smallest absolute Gasteiger partial charge is 0.152 e. The summed E-state index contributed by atoms with van der Waals surface area (Å²) in [6.07, 6.45) is 6.47. The van der Waals surface area contributed by atoms with Crippen LogP contribution in [0.4, 0.5) is 5.69 Å². The Balaban J connectivity index is 1.73. The Morgan fingerprint density at radius 3 is 2.78 bits per heavy atom. The van der Waals surface area contributed by atoms with E-state index < -0.39 is 11.1 Å². The number of anilines is 1. The van der Waals surface area contributed by atoms with Gasteiger partial charge in [0.15, 0.2) is 11.1 Å². The highest BCUT2D eigenvalue weighted by Crippen LogP contribution is 2.22. The van der Waals surface area contributed by atoms with Gasteiger partial charge >= 0.3 is 0 Å². The number of rotatable bonds is 5. The number of likely N-dealkylation sites (tertiary alicyclic amines) is 1. The first-order valence-electron chi connectivity index (χ1n) is 6.24. The average molecular weight is 272 g/mol. The van der Waals surface area contributed by atoms with Gasteiger partial charge in [-0.2, -0.15) is 5.10 Å². The standard InChI is InChI=1S/C11H20N4O2S/c12-10-8-13-15(9-10)11-2-5-14(6-3-11)4-1-7-18(16)17/h8-9,11H,1-7,12H2,(H,16,17). The van der Waals surface area contributed by atoms with Gasteiger partial charge in [-0.15, -0.1) is 0 Å². The summed E-state index contributed by atoms with van der Waals surface area (Å²) < 4.78 is 21.2. The molecule has 0 aliphatic carbocycles. The first kappa shape index (κ1) is 13.5. The molecular weight excluding hydrogens is 252 g/mol. The monoisotopic (exact) mass is 272 g/mol. The summed E-state index contributed by atoms with van der Waals surface area (Å²) in [5.74, 6) is 0.371. The number of piperidine rings is 1. The zero-order chi connectivity index (χ0) is 13.0. The largest absolute Gasteiger partial charge is 0.396 e. The molecule has 2 heterocycles. The molecule has 102 valence electrons. The van der Waals surface area contributed by atoms with Gasteiger partial charge in [0.05, 0.1) is 23.7 Å². The van der Waals surface area contributed by atoms with Gasteiger partial charge in [-0.1, -0.05) is 0 Å². The lowest BCUT2D eigenvalue weighted by molar-refractivity contribution is 0.180. The molecule has 1 atom stereocenters. The van der Waals surface area contributed by atoms with Gasteiger partial charge < -0.3 is 15.2 Å². The third-order valence-electron chi connectivity index (χ3n) is 3.35. The van der Waals surface area contributed by atoms with E-state index in [2.05, 4.69) is 10.00 Å². The van der Waals surface area contributed by atoms with Crippen molar-refractivity contribution in [3.05, 3.63) is 12.4 Å². The minimum absolute atomic E-state index is 0.371. The highest BCUT2D eigenvalue weighted by atomic mass is 32.2. The molecule has 0 spiro atoms. The maximum Gasteiger partial charge on any atom is 0.152 e. The van der Waals surface area contributed by atoms with Crippen LogP contribution < -0.4 is 5.73 Å². The molecule has 1 aromatic rings. The van der Waals surface area contributed by atoms with Crippen LogP contribution in [0.2, 0.25) is 0 Å². The van der Waals surface area contributed by atoms with E-state index in [9.17, 15) is 4.21 Å².